The third-order valence-corrected chi connectivity index (χ3v) is 5.62. The minimum atomic E-state index is -0.787. The average molecular weight is 489 g/mol. The maximum atomic E-state index is 14.4. The molecule has 0 atom stereocenters. The number of aromatic nitrogens is 2. The lowest BCUT2D eigenvalue weighted by molar-refractivity contribution is -0.116. The standard InChI is InChI=1S/C20H14Cl3F2N3OS/c1-30-20-27-17(11-6-5-10(24)9-15(11)25)12(19(23)28-20)7-8-16(29)26-18-13(21)3-2-4-14(18)22/h2-6,9H,7-8H2,1H3,(H,26,29). The molecule has 1 amide bonds. The lowest BCUT2D eigenvalue weighted by Gasteiger charge is -2.13. The van der Waals surface area contributed by atoms with Crippen LogP contribution in [0.25, 0.3) is 11.3 Å². The molecular weight excluding hydrogens is 475 g/mol. The van der Waals surface area contributed by atoms with Crippen molar-refractivity contribution in [1.29, 1.82) is 0 Å². The number of amides is 1. The van der Waals surface area contributed by atoms with Crippen LogP contribution in [-0.2, 0) is 11.2 Å². The third-order valence-electron chi connectivity index (χ3n) is 4.13. The predicted octanol–water partition coefficient (Wildman–Crippen LogP) is 6.68. The summed E-state index contributed by atoms with van der Waals surface area (Å²) in [7, 11) is 0. The Balaban J connectivity index is 1.89. The van der Waals surface area contributed by atoms with Crippen molar-refractivity contribution in [3.8, 4) is 11.3 Å². The van der Waals surface area contributed by atoms with Crippen LogP contribution in [0, 0.1) is 11.6 Å². The molecule has 0 unspecified atom stereocenters. The molecule has 156 valence electrons. The molecule has 0 radical (unpaired) electrons. The quantitative estimate of drug-likeness (QED) is 0.239. The van der Waals surface area contributed by atoms with Crippen molar-refractivity contribution in [2.24, 2.45) is 0 Å². The number of anilines is 1. The Morgan fingerprint density at radius 2 is 1.80 bits per heavy atom. The van der Waals surface area contributed by atoms with E-state index in [1.807, 2.05) is 0 Å². The summed E-state index contributed by atoms with van der Waals surface area (Å²) < 4.78 is 27.7. The van der Waals surface area contributed by atoms with E-state index in [-0.39, 0.29) is 35.2 Å². The average Bonchev–Trinajstić information content (AvgIpc) is 2.69. The first-order valence-electron chi connectivity index (χ1n) is 8.59. The monoisotopic (exact) mass is 487 g/mol. The number of para-hydroxylation sites is 1. The Hall–Kier alpha value is -1.93. The van der Waals surface area contributed by atoms with Crippen LogP contribution in [0.1, 0.15) is 12.0 Å². The zero-order valence-electron chi connectivity index (χ0n) is 15.5. The van der Waals surface area contributed by atoms with Gasteiger partial charge in [0.2, 0.25) is 5.91 Å². The molecule has 4 nitrogen and oxygen atoms in total. The van der Waals surface area contributed by atoms with Crippen LogP contribution >= 0.6 is 46.6 Å². The molecule has 0 spiro atoms. The van der Waals surface area contributed by atoms with Gasteiger partial charge >= 0.3 is 0 Å². The van der Waals surface area contributed by atoms with Gasteiger partial charge in [0.05, 0.1) is 21.4 Å². The molecule has 3 rings (SSSR count). The second-order valence-electron chi connectivity index (χ2n) is 6.10. The second-order valence-corrected chi connectivity index (χ2v) is 8.04. The molecule has 2 aromatic carbocycles. The van der Waals surface area contributed by atoms with Crippen molar-refractivity contribution in [2.75, 3.05) is 11.6 Å². The molecule has 0 saturated carbocycles. The van der Waals surface area contributed by atoms with Crippen molar-refractivity contribution in [3.05, 3.63) is 68.8 Å². The molecule has 3 aromatic rings. The molecular formula is C20H14Cl3F2N3OS. The van der Waals surface area contributed by atoms with Crippen LogP contribution in [0.15, 0.2) is 41.6 Å². The minimum Gasteiger partial charge on any atom is -0.324 e. The summed E-state index contributed by atoms with van der Waals surface area (Å²) in [5.41, 5.74) is 0.956. The molecule has 1 heterocycles. The Morgan fingerprint density at radius 3 is 2.43 bits per heavy atom. The zero-order valence-corrected chi connectivity index (χ0v) is 18.6. The SMILES string of the molecule is CSc1nc(Cl)c(CCC(=O)Nc2c(Cl)cccc2Cl)c(-c2ccc(F)cc2F)n1. The summed E-state index contributed by atoms with van der Waals surface area (Å²) in [4.78, 5) is 20.9. The number of rotatable bonds is 6. The van der Waals surface area contributed by atoms with Gasteiger partial charge in [-0.3, -0.25) is 4.79 Å². The molecule has 30 heavy (non-hydrogen) atoms. The highest BCUT2D eigenvalue weighted by Gasteiger charge is 2.19. The van der Waals surface area contributed by atoms with E-state index in [0.29, 0.717) is 26.5 Å². The molecule has 0 fully saturated rings. The Morgan fingerprint density at radius 1 is 1.10 bits per heavy atom. The van der Waals surface area contributed by atoms with Gasteiger partial charge in [0.25, 0.3) is 0 Å². The van der Waals surface area contributed by atoms with Crippen molar-refractivity contribution in [3.63, 3.8) is 0 Å². The van der Waals surface area contributed by atoms with Gasteiger partial charge in [0.1, 0.15) is 16.8 Å². The van der Waals surface area contributed by atoms with E-state index in [1.54, 1.807) is 24.5 Å². The van der Waals surface area contributed by atoms with Gasteiger partial charge in [0, 0.05) is 23.6 Å². The highest BCUT2D eigenvalue weighted by Crippen LogP contribution is 2.33. The van der Waals surface area contributed by atoms with Crippen LogP contribution in [0.5, 0.6) is 0 Å². The molecule has 0 aliphatic rings. The van der Waals surface area contributed by atoms with Crippen LogP contribution < -0.4 is 5.32 Å². The second kappa shape index (κ2) is 9.92. The minimum absolute atomic E-state index is 0.0148. The lowest BCUT2D eigenvalue weighted by atomic mass is 10.0. The van der Waals surface area contributed by atoms with Crippen LogP contribution in [-0.4, -0.2) is 22.1 Å². The van der Waals surface area contributed by atoms with Crippen LogP contribution in [0.3, 0.4) is 0 Å². The number of carbonyl (C=O) groups excluding carboxylic acids is 1. The first-order valence-corrected chi connectivity index (χ1v) is 11.0. The Bertz CT molecular complexity index is 1090. The fourth-order valence-electron chi connectivity index (χ4n) is 2.71. The summed E-state index contributed by atoms with van der Waals surface area (Å²) >= 11 is 19.7. The Kier molecular flexibility index (Phi) is 7.52. The Labute approximate surface area is 191 Å². The number of nitrogens with zero attached hydrogens (tertiary/aromatic N) is 2. The first-order chi connectivity index (χ1) is 14.3. The summed E-state index contributed by atoms with van der Waals surface area (Å²) in [5.74, 6) is -1.87. The highest BCUT2D eigenvalue weighted by molar-refractivity contribution is 7.98. The fourth-order valence-corrected chi connectivity index (χ4v) is 3.88. The predicted molar refractivity (Wildman–Crippen MR) is 118 cm³/mol. The number of hydrogen-bond acceptors (Lipinski definition) is 4. The summed E-state index contributed by atoms with van der Waals surface area (Å²) in [6, 6.07) is 8.03. The molecule has 10 heteroatoms. The van der Waals surface area contributed by atoms with E-state index in [0.717, 1.165) is 12.1 Å². The van der Waals surface area contributed by atoms with Gasteiger partial charge in [-0.05, 0) is 36.9 Å². The maximum Gasteiger partial charge on any atom is 0.224 e. The van der Waals surface area contributed by atoms with Crippen molar-refractivity contribution in [2.45, 2.75) is 18.0 Å². The highest BCUT2D eigenvalue weighted by atomic mass is 35.5. The maximum absolute atomic E-state index is 14.4. The van der Waals surface area contributed by atoms with E-state index in [1.165, 1.54) is 17.8 Å². The first kappa shape index (κ1) is 22.7. The number of thioether (sulfide) groups is 1. The van der Waals surface area contributed by atoms with E-state index < -0.39 is 11.6 Å². The number of carbonyl (C=O) groups is 1. The molecule has 0 saturated heterocycles. The smallest absolute Gasteiger partial charge is 0.224 e. The van der Waals surface area contributed by atoms with E-state index in [9.17, 15) is 13.6 Å². The molecule has 0 bridgehead atoms. The van der Waals surface area contributed by atoms with Gasteiger partial charge in [0.15, 0.2) is 5.16 Å². The number of hydrogen-bond donors (Lipinski definition) is 1. The number of benzene rings is 2. The van der Waals surface area contributed by atoms with Crippen LogP contribution in [0.2, 0.25) is 15.2 Å². The number of nitrogens with one attached hydrogen (secondary N) is 1. The van der Waals surface area contributed by atoms with Gasteiger partial charge < -0.3 is 5.32 Å². The van der Waals surface area contributed by atoms with Gasteiger partial charge in [-0.1, -0.05) is 52.6 Å². The topological polar surface area (TPSA) is 54.9 Å². The normalized spacial score (nSPS) is 10.9. The van der Waals surface area contributed by atoms with Gasteiger partial charge in [-0.25, -0.2) is 18.7 Å². The largest absolute Gasteiger partial charge is 0.324 e. The molecule has 0 aliphatic heterocycles. The lowest BCUT2D eigenvalue weighted by Crippen LogP contribution is -2.14. The summed E-state index contributed by atoms with van der Waals surface area (Å²) in [6.07, 6.45) is 1.85. The molecule has 0 aliphatic carbocycles. The van der Waals surface area contributed by atoms with Gasteiger partial charge in [-0.2, -0.15) is 0 Å². The van der Waals surface area contributed by atoms with E-state index in [4.69, 9.17) is 34.8 Å². The van der Waals surface area contributed by atoms with Crippen molar-refractivity contribution >= 4 is 58.2 Å². The molecule has 1 N–H and O–H groups in total. The zero-order chi connectivity index (χ0) is 21.8. The third kappa shape index (κ3) is 5.21. The fraction of sp³-hybridized carbons (Fsp3) is 0.150. The summed E-state index contributed by atoms with van der Waals surface area (Å²) in [5, 5.41) is 3.68. The number of halogens is 5. The van der Waals surface area contributed by atoms with Gasteiger partial charge in [-0.15, -0.1) is 0 Å². The van der Waals surface area contributed by atoms with E-state index >= 15 is 0 Å². The van der Waals surface area contributed by atoms with E-state index in [2.05, 4.69) is 15.3 Å². The van der Waals surface area contributed by atoms with Crippen LogP contribution in [0.4, 0.5) is 14.5 Å². The summed E-state index contributed by atoms with van der Waals surface area (Å²) in [6.45, 7) is 0. The van der Waals surface area contributed by atoms with Crippen molar-refractivity contribution in [1.82, 2.24) is 9.97 Å². The molecule has 1 aromatic heterocycles. The van der Waals surface area contributed by atoms with Crippen molar-refractivity contribution < 1.29 is 13.6 Å².